The Labute approximate surface area is 89.1 Å². The highest BCUT2D eigenvalue weighted by Gasteiger charge is 2.24. The molecule has 0 radical (unpaired) electrons. The molecule has 1 unspecified atom stereocenters. The topological polar surface area (TPSA) is 67.2 Å². The molecule has 1 heterocycles. The monoisotopic (exact) mass is 211 g/mol. The van der Waals surface area contributed by atoms with Crippen LogP contribution in [0.1, 0.15) is 20.8 Å². The van der Waals surface area contributed by atoms with Crippen molar-refractivity contribution in [3.05, 3.63) is 18.5 Å². The van der Waals surface area contributed by atoms with Crippen LogP contribution in [0.5, 0.6) is 0 Å². The molecule has 84 valence electrons. The quantitative estimate of drug-likeness (QED) is 0.745. The molecule has 5 heteroatoms. The van der Waals surface area contributed by atoms with Crippen molar-refractivity contribution in [2.75, 3.05) is 0 Å². The van der Waals surface area contributed by atoms with Gasteiger partial charge in [0.05, 0.1) is 6.54 Å². The summed E-state index contributed by atoms with van der Waals surface area (Å²) in [6.45, 7) is 5.38. The standard InChI is InChI=1S/C10H17N3O2/c1-8(7-13-6-4-5-11-13)12-9(14)10(2,3)15/h4-6,8,15H,7H2,1-3H3,(H,12,14). The van der Waals surface area contributed by atoms with Gasteiger partial charge in [0.15, 0.2) is 0 Å². The minimum Gasteiger partial charge on any atom is -0.381 e. The molecule has 0 aromatic carbocycles. The maximum Gasteiger partial charge on any atom is 0.251 e. The first-order valence-corrected chi connectivity index (χ1v) is 4.90. The molecule has 0 aliphatic carbocycles. The highest BCUT2D eigenvalue weighted by Crippen LogP contribution is 2.01. The van der Waals surface area contributed by atoms with Crippen molar-refractivity contribution in [1.82, 2.24) is 15.1 Å². The fourth-order valence-electron chi connectivity index (χ4n) is 1.14. The summed E-state index contributed by atoms with van der Waals surface area (Å²) in [5.74, 6) is -0.373. The lowest BCUT2D eigenvalue weighted by Crippen LogP contribution is -2.47. The number of amides is 1. The van der Waals surface area contributed by atoms with Gasteiger partial charge in [-0.05, 0) is 26.8 Å². The number of aromatic nitrogens is 2. The molecule has 5 nitrogen and oxygen atoms in total. The summed E-state index contributed by atoms with van der Waals surface area (Å²) in [5.41, 5.74) is -1.33. The van der Waals surface area contributed by atoms with Crippen LogP contribution in [0.3, 0.4) is 0 Å². The number of rotatable bonds is 4. The maximum absolute atomic E-state index is 11.4. The molecule has 1 amide bonds. The Morgan fingerprint density at radius 1 is 1.67 bits per heavy atom. The Bertz CT molecular complexity index is 314. The van der Waals surface area contributed by atoms with E-state index in [0.717, 1.165) is 0 Å². The summed E-state index contributed by atoms with van der Waals surface area (Å²) in [6.07, 6.45) is 3.51. The molecule has 15 heavy (non-hydrogen) atoms. The van der Waals surface area contributed by atoms with E-state index in [2.05, 4.69) is 10.4 Å². The van der Waals surface area contributed by atoms with Crippen molar-refractivity contribution >= 4 is 5.91 Å². The van der Waals surface area contributed by atoms with Crippen molar-refractivity contribution in [3.8, 4) is 0 Å². The molecule has 1 rings (SSSR count). The third-order valence-electron chi connectivity index (χ3n) is 1.95. The fourth-order valence-corrected chi connectivity index (χ4v) is 1.14. The Morgan fingerprint density at radius 2 is 2.33 bits per heavy atom. The zero-order valence-corrected chi connectivity index (χ0v) is 9.27. The summed E-state index contributed by atoms with van der Waals surface area (Å²) in [7, 11) is 0. The molecular formula is C10H17N3O2. The first kappa shape index (κ1) is 11.7. The predicted octanol–water partition coefficient (Wildman–Crippen LogP) is 0.159. The molecule has 2 N–H and O–H groups in total. The second-order valence-corrected chi connectivity index (χ2v) is 4.16. The van der Waals surface area contributed by atoms with Gasteiger partial charge in [-0.3, -0.25) is 9.48 Å². The second kappa shape index (κ2) is 4.44. The van der Waals surface area contributed by atoms with Gasteiger partial charge in [-0.1, -0.05) is 0 Å². The number of aliphatic hydroxyl groups is 1. The maximum atomic E-state index is 11.4. The summed E-state index contributed by atoms with van der Waals surface area (Å²) in [4.78, 5) is 11.4. The SMILES string of the molecule is CC(Cn1cccn1)NC(=O)C(C)(C)O. The van der Waals surface area contributed by atoms with E-state index in [0.29, 0.717) is 6.54 Å². The average molecular weight is 211 g/mol. The number of hydrogen-bond acceptors (Lipinski definition) is 3. The van der Waals surface area contributed by atoms with E-state index in [1.807, 2.05) is 19.2 Å². The summed E-state index contributed by atoms with van der Waals surface area (Å²) < 4.78 is 1.73. The van der Waals surface area contributed by atoms with Crippen LogP contribution in [-0.4, -0.2) is 32.4 Å². The first-order chi connectivity index (χ1) is 6.89. The molecule has 1 atom stereocenters. The minimum atomic E-state index is -1.33. The van der Waals surface area contributed by atoms with Gasteiger partial charge in [0.25, 0.3) is 5.91 Å². The van der Waals surface area contributed by atoms with Gasteiger partial charge in [-0.15, -0.1) is 0 Å². The number of hydrogen-bond donors (Lipinski definition) is 2. The zero-order chi connectivity index (χ0) is 11.5. The van der Waals surface area contributed by atoms with Gasteiger partial charge >= 0.3 is 0 Å². The van der Waals surface area contributed by atoms with Gasteiger partial charge in [0.1, 0.15) is 5.60 Å². The number of carbonyl (C=O) groups is 1. The molecule has 1 aromatic heterocycles. The highest BCUT2D eigenvalue weighted by molar-refractivity contribution is 5.84. The number of nitrogens with one attached hydrogen (secondary N) is 1. The third kappa shape index (κ3) is 3.71. The van der Waals surface area contributed by atoms with Crippen LogP contribution in [0, 0.1) is 0 Å². The average Bonchev–Trinajstić information content (AvgIpc) is 2.54. The summed E-state index contributed by atoms with van der Waals surface area (Å²) >= 11 is 0. The molecule has 0 aliphatic heterocycles. The normalized spacial score (nSPS) is 13.6. The van der Waals surface area contributed by atoms with E-state index < -0.39 is 5.60 Å². The van der Waals surface area contributed by atoms with Crippen molar-refractivity contribution in [2.45, 2.75) is 39.0 Å². The van der Waals surface area contributed by atoms with Gasteiger partial charge in [0.2, 0.25) is 0 Å². The van der Waals surface area contributed by atoms with Gasteiger partial charge in [-0.25, -0.2) is 0 Å². The molecular weight excluding hydrogens is 194 g/mol. The van der Waals surface area contributed by atoms with Crippen molar-refractivity contribution in [1.29, 1.82) is 0 Å². The van der Waals surface area contributed by atoms with Crippen molar-refractivity contribution in [3.63, 3.8) is 0 Å². The molecule has 0 saturated carbocycles. The van der Waals surface area contributed by atoms with Crippen LogP contribution in [0.2, 0.25) is 0 Å². The van der Waals surface area contributed by atoms with Crippen molar-refractivity contribution in [2.24, 2.45) is 0 Å². The van der Waals surface area contributed by atoms with Crippen LogP contribution in [-0.2, 0) is 11.3 Å². The number of carbonyl (C=O) groups excluding carboxylic acids is 1. The van der Waals surface area contributed by atoms with E-state index in [4.69, 9.17) is 0 Å². The Kier molecular flexibility index (Phi) is 3.47. The molecule has 0 bridgehead atoms. The molecule has 1 aromatic rings. The fraction of sp³-hybridized carbons (Fsp3) is 0.600. The van der Waals surface area contributed by atoms with E-state index in [9.17, 15) is 9.90 Å². The van der Waals surface area contributed by atoms with Gasteiger partial charge in [-0.2, -0.15) is 5.10 Å². The lowest BCUT2D eigenvalue weighted by atomic mass is 10.1. The van der Waals surface area contributed by atoms with E-state index in [-0.39, 0.29) is 11.9 Å². The summed E-state index contributed by atoms with van der Waals surface area (Å²) in [6, 6.07) is 1.76. The largest absolute Gasteiger partial charge is 0.381 e. The van der Waals surface area contributed by atoms with Gasteiger partial charge < -0.3 is 10.4 Å². The van der Waals surface area contributed by atoms with Crippen LogP contribution < -0.4 is 5.32 Å². The second-order valence-electron chi connectivity index (χ2n) is 4.16. The van der Waals surface area contributed by atoms with Crippen LogP contribution in [0.15, 0.2) is 18.5 Å². The Balaban J connectivity index is 2.43. The smallest absolute Gasteiger partial charge is 0.251 e. The molecule has 0 spiro atoms. The van der Waals surface area contributed by atoms with Crippen LogP contribution in [0.25, 0.3) is 0 Å². The predicted molar refractivity (Wildman–Crippen MR) is 56.1 cm³/mol. The van der Waals surface area contributed by atoms with Crippen LogP contribution >= 0.6 is 0 Å². The van der Waals surface area contributed by atoms with Gasteiger partial charge in [0, 0.05) is 18.4 Å². The third-order valence-corrected chi connectivity index (χ3v) is 1.95. The van der Waals surface area contributed by atoms with Crippen molar-refractivity contribution < 1.29 is 9.90 Å². The Hall–Kier alpha value is -1.36. The lowest BCUT2D eigenvalue weighted by Gasteiger charge is -2.20. The van der Waals surface area contributed by atoms with E-state index in [1.54, 1.807) is 10.9 Å². The first-order valence-electron chi connectivity index (χ1n) is 4.90. The molecule has 0 fully saturated rings. The van der Waals surface area contributed by atoms with Crippen LogP contribution in [0.4, 0.5) is 0 Å². The van der Waals surface area contributed by atoms with E-state index >= 15 is 0 Å². The molecule has 0 saturated heterocycles. The highest BCUT2D eigenvalue weighted by atomic mass is 16.3. The minimum absolute atomic E-state index is 0.0659. The Morgan fingerprint density at radius 3 is 2.80 bits per heavy atom. The zero-order valence-electron chi connectivity index (χ0n) is 9.27. The van der Waals surface area contributed by atoms with E-state index in [1.165, 1.54) is 13.8 Å². The number of nitrogens with zero attached hydrogens (tertiary/aromatic N) is 2. The summed E-state index contributed by atoms with van der Waals surface area (Å²) in [5, 5.41) is 16.2. The lowest BCUT2D eigenvalue weighted by molar-refractivity contribution is -0.137. The molecule has 0 aliphatic rings.